The first-order chi connectivity index (χ1) is 6.02. The predicted octanol–water partition coefficient (Wildman–Crippen LogP) is -0.357. The largest absolute Gasteiger partial charge is 0.467 e. The van der Waals surface area contributed by atoms with Gasteiger partial charge in [-0.3, -0.25) is 9.59 Å². The van der Waals surface area contributed by atoms with Crippen molar-refractivity contribution in [3.8, 4) is 0 Å². The Labute approximate surface area is 76.4 Å². The topological polar surface area (TPSA) is 72.5 Å². The van der Waals surface area contributed by atoms with Crippen LogP contribution in [0.4, 0.5) is 0 Å². The summed E-state index contributed by atoms with van der Waals surface area (Å²) in [5, 5.41) is 2.25. The summed E-state index contributed by atoms with van der Waals surface area (Å²) in [6.45, 7) is 2.85. The minimum atomic E-state index is -1.17. The lowest BCUT2D eigenvalue weighted by Crippen LogP contribution is -2.45. The second-order valence-corrected chi connectivity index (χ2v) is 2.49. The highest BCUT2D eigenvalue weighted by Crippen LogP contribution is 1.91. The summed E-state index contributed by atoms with van der Waals surface area (Å²) < 4.78 is 4.34. The molecule has 0 bridgehead atoms. The summed E-state index contributed by atoms with van der Waals surface area (Å²) >= 11 is 0. The monoisotopic (exact) mass is 187 g/mol. The minimum absolute atomic E-state index is 0.223. The van der Waals surface area contributed by atoms with Gasteiger partial charge in [-0.05, 0) is 6.92 Å². The summed E-state index contributed by atoms with van der Waals surface area (Å²) in [5.41, 5.74) is 0. The van der Waals surface area contributed by atoms with Gasteiger partial charge in [-0.1, -0.05) is 6.92 Å². The van der Waals surface area contributed by atoms with Crippen LogP contribution in [-0.2, 0) is 19.1 Å². The van der Waals surface area contributed by atoms with E-state index in [0.29, 0.717) is 0 Å². The van der Waals surface area contributed by atoms with Gasteiger partial charge in [0.25, 0.3) is 0 Å². The molecular weight excluding hydrogens is 174 g/mol. The van der Waals surface area contributed by atoms with Crippen molar-refractivity contribution >= 4 is 17.7 Å². The number of nitrogens with one attached hydrogen (secondary N) is 1. The lowest BCUT2D eigenvalue weighted by atomic mass is 10.2. The van der Waals surface area contributed by atoms with Crippen LogP contribution in [0.5, 0.6) is 0 Å². The first kappa shape index (κ1) is 11.6. The van der Waals surface area contributed by atoms with Gasteiger partial charge in [0.1, 0.15) is 0 Å². The van der Waals surface area contributed by atoms with Gasteiger partial charge >= 0.3 is 5.97 Å². The zero-order valence-corrected chi connectivity index (χ0v) is 7.92. The molecule has 0 fully saturated rings. The average Bonchev–Trinajstić information content (AvgIpc) is 2.11. The molecule has 1 unspecified atom stereocenters. The summed E-state index contributed by atoms with van der Waals surface area (Å²) in [4.78, 5) is 32.7. The molecule has 1 amide bonds. The second kappa shape index (κ2) is 5.29. The highest BCUT2D eigenvalue weighted by molar-refractivity contribution is 6.04. The molecule has 1 atom stereocenters. The molecule has 0 aliphatic carbocycles. The average molecular weight is 187 g/mol. The summed E-state index contributed by atoms with van der Waals surface area (Å²) in [7, 11) is 1.16. The zero-order valence-electron chi connectivity index (χ0n) is 7.92. The van der Waals surface area contributed by atoms with Gasteiger partial charge in [0.15, 0.2) is 11.8 Å². The van der Waals surface area contributed by atoms with Crippen LogP contribution in [0.3, 0.4) is 0 Å². The van der Waals surface area contributed by atoms with Gasteiger partial charge < -0.3 is 10.1 Å². The van der Waals surface area contributed by atoms with Crippen molar-refractivity contribution < 1.29 is 19.1 Å². The van der Waals surface area contributed by atoms with E-state index in [1.807, 2.05) is 0 Å². The van der Waals surface area contributed by atoms with E-state index in [2.05, 4.69) is 10.1 Å². The summed E-state index contributed by atoms with van der Waals surface area (Å²) in [6, 6.07) is -1.17. The normalized spacial score (nSPS) is 11.6. The number of rotatable bonds is 4. The van der Waals surface area contributed by atoms with Crippen molar-refractivity contribution in [2.45, 2.75) is 26.3 Å². The van der Waals surface area contributed by atoms with Crippen LogP contribution in [0.25, 0.3) is 0 Å². The maximum Gasteiger partial charge on any atom is 0.336 e. The molecule has 74 valence electrons. The molecular formula is C8H13NO4. The van der Waals surface area contributed by atoms with Gasteiger partial charge in [0.05, 0.1) is 7.11 Å². The highest BCUT2D eigenvalue weighted by Gasteiger charge is 2.25. The second-order valence-electron chi connectivity index (χ2n) is 2.49. The first-order valence-corrected chi connectivity index (χ1v) is 3.90. The SMILES string of the molecule is CCC(=O)NC(C(C)=O)C(=O)OC. The molecule has 0 spiro atoms. The smallest absolute Gasteiger partial charge is 0.336 e. The molecule has 0 aliphatic rings. The van der Waals surface area contributed by atoms with Gasteiger partial charge in [0.2, 0.25) is 5.91 Å². The minimum Gasteiger partial charge on any atom is -0.467 e. The molecule has 0 aromatic carbocycles. The molecule has 0 radical (unpaired) electrons. The van der Waals surface area contributed by atoms with E-state index in [1.165, 1.54) is 6.92 Å². The number of ether oxygens (including phenoxy) is 1. The fourth-order valence-electron chi connectivity index (χ4n) is 0.707. The third-order valence-electron chi connectivity index (χ3n) is 1.47. The van der Waals surface area contributed by atoms with E-state index >= 15 is 0 Å². The van der Waals surface area contributed by atoms with Gasteiger partial charge in [-0.25, -0.2) is 4.79 Å². The molecule has 1 N–H and O–H groups in total. The predicted molar refractivity (Wildman–Crippen MR) is 44.9 cm³/mol. The van der Waals surface area contributed by atoms with Gasteiger partial charge in [-0.2, -0.15) is 0 Å². The van der Waals surface area contributed by atoms with E-state index in [0.717, 1.165) is 7.11 Å². The van der Waals surface area contributed by atoms with Crippen LogP contribution in [0.2, 0.25) is 0 Å². The fourth-order valence-corrected chi connectivity index (χ4v) is 0.707. The highest BCUT2D eigenvalue weighted by atomic mass is 16.5. The van der Waals surface area contributed by atoms with Gasteiger partial charge in [0, 0.05) is 6.42 Å². The lowest BCUT2D eigenvalue weighted by Gasteiger charge is -2.12. The quantitative estimate of drug-likeness (QED) is 0.482. The number of amides is 1. The van der Waals surface area contributed by atoms with Crippen LogP contribution < -0.4 is 5.32 Å². The summed E-state index contributed by atoms with van der Waals surface area (Å²) in [5.74, 6) is -1.53. The molecule has 0 saturated carbocycles. The molecule has 0 rings (SSSR count). The number of Topliss-reactive ketones (excluding diaryl/α,β-unsaturated/α-hetero) is 1. The van der Waals surface area contributed by atoms with Crippen molar-refractivity contribution in [2.75, 3.05) is 7.11 Å². The molecule has 0 aromatic heterocycles. The molecule has 5 heteroatoms. The van der Waals surface area contributed by atoms with Crippen molar-refractivity contribution in [3.63, 3.8) is 0 Å². The third kappa shape index (κ3) is 3.68. The molecule has 0 saturated heterocycles. The zero-order chi connectivity index (χ0) is 10.4. The number of methoxy groups -OCH3 is 1. The Hall–Kier alpha value is -1.39. The summed E-state index contributed by atoms with van der Waals surface area (Å²) in [6.07, 6.45) is 0.223. The van der Waals surface area contributed by atoms with E-state index in [4.69, 9.17) is 0 Å². The Balaban J connectivity index is 4.35. The first-order valence-electron chi connectivity index (χ1n) is 3.90. The van der Waals surface area contributed by atoms with Crippen LogP contribution in [0.15, 0.2) is 0 Å². The van der Waals surface area contributed by atoms with E-state index < -0.39 is 17.8 Å². The molecule has 0 aliphatic heterocycles. The molecule has 5 nitrogen and oxygen atoms in total. The van der Waals surface area contributed by atoms with E-state index in [9.17, 15) is 14.4 Å². The fraction of sp³-hybridized carbons (Fsp3) is 0.625. The molecule has 0 heterocycles. The van der Waals surface area contributed by atoms with E-state index in [1.54, 1.807) is 6.92 Å². The van der Waals surface area contributed by atoms with E-state index in [-0.39, 0.29) is 12.3 Å². The number of hydrogen-bond acceptors (Lipinski definition) is 4. The number of hydrogen-bond donors (Lipinski definition) is 1. The van der Waals surface area contributed by atoms with Crippen LogP contribution in [-0.4, -0.2) is 30.8 Å². The van der Waals surface area contributed by atoms with Crippen LogP contribution in [0, 0.1) is 0 Å². The molecule has 13 heavy (non-hydrogen) atoms. The lowest BCUT2D eigenvalue weighted by molar-refractivity contribution is -0.148. The maximum atomic E-state index is 10.9. The Morgan fingerprint density at radius 1 is 1.38 bits per heavy atom. The van der Waals surface area contributed by atoms with Crippen molar-refractivity contribution in [1.82, 2.24) is 5.32 Å². The Kier molecular flexibility index (Phi) is 4.72. The van der Waals surface area contributed by atoms with Crippen molar-refractivity contribution in [1.29, 1.82) is 0 Å². The third-order valence-corrected chi connectivity index (χ3v) is 1.47. The molecule has 0 aromatic rings. The standard InChI is InChI=1S/C8H13NO4/c1-4-6(11)9-7(5(2)10)8(12)13-3/h7H,4H2,1-3H3,(H,9,11). The Morgan fingerprint density at radius 2 is 1.92 bits per heavy atom. The number of ketones is 1. The van der Waals surface area contributed by atoms with Crippen LogP contribution in [0.1, 0.15) is 20.3 Å². The van der Waals surface area contributed by atoms with Crippen molar-refractivity contribution in [2.24, 2.45) is 0 Å². The Morgan fingerprint density at radius 3 is 2.23 bits per heavy atom. The maximum absolute atomic E-state index is 10.9. The number of esters is 1. The Bertz CT molecular complexity index is 224. The van der Waals surface area contributed by atoms with Crippen molar-refractivity contribution in [3.05, 3.63) is 0 Å². The van der Waals surface area contributed by atoms with Gasteiger partial charge in [-0.15, -0.1) is 0 Å². The number of carbonyl (C=O) groups excluding carboxylic acids is 3. The number of carbonyl (C=O) groups is 3. The van der Waals surface area contributed by atoms with Crippen LogP contribution >= 0.6 is 0 Å².